The summed E-state index contributed by atoms with van der Waals surface area (Å²) in [6.45, 7) is 8.28. The topological polar surface area (TPSA) is 64.6 Å². The molecular weight excluding hydrogens is 242 g/mol. The highest BCUT2D eigenvalue weighted by molar-refractivity contribution is 5.85. The van der Waals surface area contributed by atoms with Crippen molar-refractivity contribution in [3.63, 3.8) is 0 Å². The maximum Gasteiger partial charge on any atom is 0.239 e. The molecule has 1 saturated carbocycles. The summed E-state index contributed by atoms with van der Waals surface area (Å²) >= 11 is 0. The Morgan fingerprint density at radius 3 is 2.63 bits per heavy atom. The predicted molar refractivity (Wildman–Crippen MR) is 74.9 cm³/mol. The van der Waals surface area contributed by atoms with Crippen molar-refractivity contribution in [3.05, 3.63) is 0 Å². The van der Waals surface area contributed by atoms with E-state index in [-0.39, 0.29) is 17.9 Å². The Hall–Kier alpha value is -0.650. The lowest BCUT2D eigenvalue weighted by atomic mass is 9.99. The van der Waals surface area contributed by atoms with Gasteiger partial charge < -0.3 is 15.7 Å². The molecule has 1 amide bonds. The summed E-state index contributed by atoms with van der Waals surface area (Å²) in [4.78, 5) is 14.6. The lowest BCUT2D eigenvalue weighted by Gasteiger charge is -2.40. The molecule has 1 aliphatic carbocycles. The van der Waals surface area contributed by atoms with Gasteiger partial charge in [0.1, 0.15) is 0 Å². The van der Waals surface area contributed by atoms with Crippen molar-refractivity contribution in [3.8, 4) is 0 Å². The summed E-state index contributed by atoms with van der Waals surface area (Å²) in [6.07, 6.45) is 2.74. The van der Waals surface area contributed by atoms with Gasteiger partial charge in [0.05, 0.1) is 11.6 Å². The minimum atomic E-state index is -0.467. The van der Waals surface area contributed by atoms with Gasteiger partial charge in [-0.05, 0) is 26.7 Å². The summed E-state index contributed by atoms with van der Waals surface area (Å²) in [5.41, 5.74) is -0.467. The van der Waals surface area contributed by atoms with E-state index in [9.17, 15) is 9.90 Å². The first-order valence-corrected chi connectivity index (χ1v) is 7.44. The van der Waals surface area contributed by atoms with Gasteiger partial charge in [0.25, 0.3) is 0 Å². The Bertz CT molecular complexity index is 314. The van der Waals surface area contributed by atoms with E-state index in [2.05, 4.69) is 15.5 Å². The van der Waals surface area contributed by atoms with Crippen molar-refractivity contribution in [2.75, 3.05) is 32.7 Å². The van der Waals surface area contributed by atoms with Crippen LogP contribution < -0.4 is 10.6 Å². The predicted octanol–water partition coefficient (Wildman–Crippen LogP) is -0.0526. The monoisotopic (exact) mass is 269 g/mol. The van der Waals surface area contributed by atoms with Crippen molar-refractivity contribution in [2.24, 2.45) is 5.92 Å². The molecule has 1 saturated heterocycles. The first kappa shape index (κ1) is 14.8. The van der Waals surface area contributed by atoms with Gasteiger partial charge in [0.2, 0.25) is 5.91 Å². The molecule has 1 heterocycles. The van der Waals surface area contributed by atoms with E-state index in [1.807, 2.05) is 13.8 Å². The fourth-order valence-electron chi connectivity index (χ4n) is 3.06. The van der Waals surface area contributed by atoms with E-state index < -0.39 is 5.54 Å². The van der Waals surface area contributed by atoms with Gasteiger partial charge in [0, 0.05) is 38.6 Å². The number of carbonyl (C=O) groups is 1. The highest BCUT2D eigenvalue weighted by Crippen LogP contribution is 2.25. The second kappa shape index (κ2) is 6.20. The molecule has 2 fully saturated rings. The molecule has 2 aliphatic rings. The van der Waals surface area contributed by atoms with E-state index in [1.54, 1.807) is 0 Å². The highest BCUT2D eigenvalue weighted by Gasteiger charge is 2.36. The Kier molecular flexibility index (Phi) is 4.81. The minimum Gasteiger partial charge on any atom is -0.393 e. The number of carbonyl (C=O) groups excluding carboxylic acids is 1. The first-order chi connectivity index (χ1) is 9.01. The van der Waals surface area contributed by atoms with Crippen LogP contribution in [0.25, 0.3) is 0 Å². The van der Waals surface area contributed by atoms with E-state index >= 15 is 0 Å². The van der Waals surface area contributed by atoms with Crippen LogP contribution in [0.2, 0.25) is 0 Å². The number of rotatable bonds is 4. The van der Waals surface area contributed by atoms with Gasteiger partial charge in [-0.15, -0.1) is 0 Å². The SMILES string of the molecule is CC(C)(C(=O)NCC1CCCC1O)N1CCNCC1. The van der Waals surface area contributed by atoms with Crippen LogP contribution in [0.5, 0.6) is 0 Å². The average Bonchev–Trinajstić information content (AvgIpc) is 2.82. The van der Waals surface area contributed by atoms with Crippen molar-refractivity contribution in [2.45, 2.75) is 44.8 Å². The zero-order valence-electron chi connectivity index (χ0n) is 12.1. The third-order valence-corrected chi connectivity index (χ3v) is 4.61. The molecule has 1 aliphatic heterocycles. The van der Waals surface area contributed by atoms with Crippen LogP contribution in [0, 0.1) is 5.92 Å². The summed E-state index contributed by atoms with van der Waals surface area (Å²) < 4.78 is 0. The summed E-state index contributed by atoms with van der Waals surface area (Å²) in [6, 6.07) is 0. The third kappa shape index (κ3) is 3.46. The van der Waals surface area contributed by atoms with Crippen LogP contribution in [0.15, 0.2) is 0 Å². The Balaban J connectivity index is 1.83. The van der Waals surface area contributed by atoms with Gasteiger partial charge in [-0.1, -0.05) is 6.42 Å². The van der Waals surface area contributed by atoms with Crippen LogP contribution in [-0.4, -0.2) is 60.3 Å². The molecule has 0 bridgehead atoms. The summed E-state index contributed by atoms with van der Waals surface area (Å²) in [5, 5.41) is 16.1. The Morgan fingerprint density at radius 1 is 1.37 bits per heavy atom. The Morgan fingerprint density at radius 2 is 2.05 bits per heavy atom. The quantitative estimate of drug-likeness (QED) is 0.669. The molecule has 0 aromatic heterocycles. The second-order valence-corrected chi connectivity index (χ2v) is 6.26. The van der Waals surface area contributed by atoms with Crippen molar-refractivity contribution < 1.29 is 9.90 Å². The normalized spacial score (nSPS) is 29.4. The van der Waals surface area contributed by atoms with Gasteiger partial charge in [0.15, 0.2) is 0 Å². The molecule has 19 heavy (non-hydrogen) atoms. The second-order valence-electron chi connectivity index (χ2n) is 6.26. The number of nitrogens with one attached hydrogen (secondary N) is 2. The highest BCUT2D eigenvalue weighted by atomic mass is 16.3. The molecular formula is C14H27N3O2. The van der Waals surface area contributed by atoms with Gasteiger partial charge >= 0.3 is 0 Å². The molecule has 0 radical (unpaired) electrons. The number of hydrogen-bond donors (Lipinski definition) is 3. The number of amides is 1. The van der Waals surface area contributed by atoms with E-state index in [4.69, 9.17) is 0 Å². The van der Waals surface area contributed by atoms with Crippen molar-refractivity contribution >= 4 is 5.91 Å². The van der Waals surface area contributed by atoms with Crippen LogP contribution in [0.4, 0.5) is 0 Å². The molecule has 0 spiro atoms. The number of piperazine rings is 1. The lowest BCUT2D eigenvalue weighted by Crippen LogP contribution is -2.60. The minimum absolute atomic E-state index is 0.0773. The molecule has 0 aromatic rings. The smallest absolute Gasteiger partial charge is 0.239 e. The summed E-state index contributed by atoms with van der Waals surface area (Å²) in [7, 11) is 0. The fraction of sp³-hybridized carbons (Fsp3) is 0.929. The standard InChI is InChI=1S/C14H27N3O2/c1-14(2,17-8-6-15-7-9-17)13(19)16-10-11-4-3-5-12(11)18/h11-12,15,18H,3-10H2,1-2H3,(H,16,19). The molecule has 3 N–H and O–H groups in total. The van der Waals surface area contributed by atoms with Crippen LogP contribution >= 0.6 is 0 Å². The molecule has 110 valence electrons. The zero-order chi connectivity index (χ0) is 13.9. The van der Waals surface area contributed by atoms with Crippen molar-refractivity contribution in [1.82, 2.24) is 15.5 Å². The van der Waals surface area contributed by atoms with Gasteiger partial charge in [-0.25, -0.2) is 0 Å². The molecule has 2 unspecified atom stereocenters. The van der Waals surface area contributed by atoms with Crippen LogP contribution in [0.3, 0.4) is 0 Å². The van der Waals surface area contributed by atoms with Gasteiger partial charge in [-0.3, -0.25) is 9.69 Å². The maximum atomic E-state index is 12.4. The average molecular weight is 269 g/mol. The first-order valence-electron chi connectivity index (χ1n) is 7.44. The van der Waals surface area contributed by atoms with Crippen LogP contribution in [0.1, 0.15) is 33.1 Å². The lowest BCUT2D eigenvalue weighted by molar-refractivity contribution is -0.132. The van der Waals surface area contributed by atoms with Crippen molar-refractivity contribution in [1.29, 1.82) is 0 Å². The van der Waals surface area contributed by atoms with Gasteiger partial charge in [-0.2, -0.15) is 0 Å². The zero-order valence-corrected chi connectivity index (χ0v) is 12.1. The largest absolute Gasteiger partial charge is 0.393 e. The number of hydrogen-bond acceptors (Lipinski definition) is 4. The molecule has 0 aromatic carbocycles. The fourth-order valence-corrected chi connectivity index (χ4v) is 3.06. The number of aliphatic hydroxyl groups is 1. The molecule has 2 rings (SSSR count). The third-order valence-electron chi connectivity index (χ3n) is 4.61. The van der Waals surface area contributed by atoms with E-state index in [0.717, 1.165) is 45.4 Å². The number of nitrogens with zero attached hydrogens (tertiary/aromatic N) is 1. The number of aliphatic hydroxyl groups excluding tert-OH is 1. The molecule has 5 heteroatoms. The van der Waals surface area contributed by atoms with E-state index in [1.165, 1.54) is 0 Å². The molecule has 5 nitrogen and oxygen atoms in total. The Labute approximate surface area is 115 Å². The maximum absolute atomic E-state index is 12.4. The van der Waals surface area contributed by atoms with Crippen LogP contribution in [-0.2, 0) is 4.79 Å². The van der Waals surface area contributed by atoms with E-state index in [0.29, 0.717) is 6.54 Å². The molecule has 2 atom stereocenters. The summed E-state index contributed by atoms with van der Waals surface area (Å²) in [5.74, 6) is 0.316.